The van der Waals surface area contributed by atoms with Gasteiger partial charge in [-0.3, -0.25) is 0 Å². The smallest absolute Gasteiger partial charge is 0.410 e. The lowest BCUT2D eigenvalue weighted by molar-refractivity contribution is 0.0189. The van der Waals surface area contributed by atoms with E-state index in [1.807, 2.05) is 25.3 Å². The largest absolute Gasteiger partial charge is 0.444 e. The Morgan fingerprint density at radius 3 is 2.47 bits per heavy atom. The summed E-state index contributed by atoms with van der Waals surface area (Å²) in [5, 5.41) is 0.113. The van der Waals surface area contributed by atoms with E-state index in [1.165, 1.54) is 0 Å². The SMILES string of the molecule is CC(C)(C)OC(=O)N1CCC(n2cnc3c(-c4cnc(N)nc4)nc(Cl)nc32)CC1. The van der Waals surface area contributed by atoms with E-state index in [1.54, 1.807) is 23.6 Å². The van der Waals surface area contributed by atoms with Gasteiger partial charge in [0.25, 0.3) is 0 Å². The number of nitrogens with zero attached hydrogens (tertiary/aromatic N) is 7. The molecule has 1 amide bonds. The van der Waals surface area contributed by atoms with Crippen molar-refractivity contribution in [2.45, 2.75) is 45.3 Å². The van der Waals surface area contributed by atoms with Crippen molar-refractivity contribution in [1.29, 1.82) is 0 Å². The van der Waals surface area contributed by atoms with E-state index in [2.05, 4.69) is 24.9 Å². The average molecular weight is 431 g/mol. The summed E-state index contributed by atoms with van der Waals surface area (Å²) in [6.07, 6.45) is 6.13. The molecule has 30 heavy (non-hydrogen) atoms. The van der Waals surface area contributed by atoms with Gasteiger partial charge in [0.1, 0.15) is 16.8 Å². The molecule has 1 saturated heterocycles. The standard InChI is InChI=1S/C19H23ClN8O2/c1-19(2,3)30-18(29)27-6-4-12(5-7-27)28-10-24-14-13(25-16(20)26-15(14)28)11-8-22-17(21)23-9-11/h8-10,12H,4-7H2,1-3H3,(H2,21,22,23). The molecule has 0 radical (unpaired) electrons. The Morgan fingerprint density at radius 2 is 1.83 bits per heavy atom. The summed E-state index contributed by atoms with van der Waals surface area (Å²) in [6, 6.07) is 0.134. The normalized spacial score (nSPS) is 15.5. The molecule has 0 atom stereocenters. The number of piperidine rings is 1. The summed E-state index contributed by atoms with van der Waals surface area (Å²) in [6.45, 7) is 6.78. The first-order valence-electron chi connectivity index (χ1n) is 9.67. The maximum Gasteiger partial charge on any atom is 0.410 e. The second-order valence-electron chi connectivity index (χ2n) is 8.19. The molecule has 0 unspecified atom stereocenters. The van der Waals surface area contributed by atoms with Crippen molar-refractivity contribution in [2.75, 3.05) is 18.8 Å². The highest BCUT2D eigenvalue weighted by Gasteiger charge is 2.29. The molecule has 1 fully saturated rings. The van der Waals surface area contributed by atoms with Crippen LogP contribution in [0, 0.1) is 0 Å². The van der Waals surface area contributed by atoms with Gasteiger partial charge in [-0.15, -0.1) is 0 Å². The van der Waals surface area contributed by atoms with Crippen LogP contribution in [-0.2, 0) is 4.74 Å². The van der Waals surface area contributed by atoms with Gasteiger partial charge in [0.2, 0.25) is 11.2 Å². The lowest BCUT2D eigenvalue weighted by Crippen LogP contribution is -2.42. The van der Waals surface area contributed by atoms with Gasteiger partial charge in [0.05, 0.1) is 6.33 Å². The van der Waals surface area contributed by atoms with Gasteiger partial charge in [-0.05, 0) is 45.2 Å². The maximum atomic E-state index is 12.3. The summed E-state index contributed by atoms with van der Waals surface area (Å²) in [4.78, 5) is 35.3. The van der Waals surface area contributed by atoms with E-state index in [-0.39, 0.29) is 23.4 Å². The molecule has 11 heteroatoms. The summed E-state index contributed by atoms with van der Waals surface area (Å²) < 4.78 is 7.47. The third-order valence-electron chi connectivity index (χ3n) is 4.85. The monoisotopic (exact) mass is 430 g/mol. The maximum absolute atomic E-state index is 12.3. The Bertz CT molecular complexity index is 1070. The number of hydrogen-bond donors (Lipinski definition) is 1. The van der Waals surface area contributed by atoms with E-state index < -0.39 is 5.60 Å². The number of carbonyl (C=O) groups is 1. The fraction of sp³-hybridized carbons (Fsp3) is 0.474. The summed E-state index contributed by atoms with van der Waals surface area (Å²) in [7, 11) is 0. The van der Waals surface area contributed by atoms with E-state index in [4.69, 9.17) is 22.1 Å². The molecule has 0 spiro atoms. The Kier molecular flexibility index (Phi) is 5.19. The molecule has 0 saturated carbocycles. The minimum atomic E-state index is -0.510. The molecule has 3 aromatic rings. The zero-order valence-electron chi connectivity index (χ0n) is 17.0. The van der Waals surface area contributed by atoms with Crippen LogP contribution in [0.3, 0.4) is 0 Å². The van der Waals surface area contributed by atoms with E-state index >= 15 is 0 Å². The second kappa shape index (κ2) is 7.67. The van der Waals surface area contributed by atoms with Crippen LogP contribution in [-0.4, -0.2) is 59.2 Å². The fourth-order valence-electron chi connectivity index (χ4n) is 3.47. The zero-order chi connectivity index (χ0) is 21.5. The molecule has 0 aromatic carbocycles. The van der Waals surface area contributed by atoms with Gasteiger partial charge in [-0.2, -0.15) is 4.98 Å². The summed E-state index contributed by atoms with van der Waals surface area (Å²) >= 11 is 6.20. The van der Waals surface area contributed by atoms with Crippen LogP contribution in [0.2, 0.25) is 5.28 Å². The van der Waals surface area contributed by atoms with Gasteiger partial charge in [0, 0.05) is 37.1 Å². The quantitative estimate of drug-likeness (QED) is 0.614. The number of carbonyl (C=O) groups excluding carboxylic acids is 1. The lowest BCUT2D eigenvalue weighted by Gasteiger charge is -2.33. The molecule has 10 nitrogen and oxygen atoms in total. The Labute approximate surface area is 178 Å². The lowest BCUT2D eigenvalue weighted by atomic mass is 10.1. The molecule has 0 aliphatic carbocycles. The summed E-state index contributed by atoms with van der Waals surface area (Å²) in [5.41, 5.74) is 7.52. The number of fused-ring (bicyclic) bond motifs is 1. The number of likely N-dealkylation sites (tertiary alicyclic amines) is 1. The minimum Gasteiger partial charge on any atom is -0.444 e. The number of hydrogen-bond acceptors (Lipinski definition) is 8. The van der Waals surface area contributed by atoms with E-state index in [9.17, 15) is 4.79 Å². The third kappa shape index (κ3) is 4.13. The first-order chi connectivity index (χ1) is 14.2. The predicted octanol–water partition coefficient (Wildman–Crippen LogP) is 3.09. The number of nitrogen functional groups attached to an aromatic ring is 1. The molecule has 158 valence electrons. The molecule has 0 bridgehead atoms. The minimum absolute atomic E-state index is 0.113. The van der Waals surface area contributed by atoms with Crippen molar-refractivity contribution >= 4 is 34.8 Å². The van der Waals surface area contributed by atoms with Crippen LogP contribution in [0.4, 0.5) is 10.7 Å². The predicted molar refractivity (Wildman–Crippen MR) is 112 cm³/mol. The highest BCUT2D eigenvalue weighted by molar-refractivity contribution is 6.28. The van der Waals surface area contributed by atoms with Crippen LogP contribution >= 0.6 is 11.6 Å². The molecular weight excluding hydrogens is 408 g/mol. The van der Waals surface area contributed by atoms with Crippen LogP contribution in [0.15, 0.2) is 18.7 Å². The number of ether oxygens (including phenoxy) is 1. The molecule has 4 heterocycles. The second-order valence-corrected chi connectivity index (χ2v) is 8.53. The van der Waals surface area contributed by atoms with Crippen LogP contribution < -0.4 is 5.73 Å². The Hall–Kier alpha value is -3.01. The van der Waals surface area contributed by atoms with E-state index in [0.717, 1.165) is 12.8 Å². The number of halogens is 1. The zero-order valence-corrected chi connectivity index (χ0v) is 17.8. The van der Waals surface area contributed by atoms with Gasteiger partial charge < -0.3 is 19.9 Å². The number of nitrogens with two attached hydrogens (primary N) is 1. The molecule has 1 aliphatic rings. The van der Waals surface area contributed by atoms with Crippen molar-refractivity contribution in [3.63, 3.8) is 0 Å². The molecule has 4 rings (SSSR count). The van der Waals surface area contributed by atoms with Gasteiger partial charge in [0.15, 0.2) is 5.65 Å². The third-order valence-corrected chi connectivity index (χ3v) is 5.02. The van der Waals surface area contributed by atoms with Gasteiger partial charge in [-0.25, -0.2) is 24.7 Å². The van der Waals surface area contributed by atoms with Crippen molar-refractivity contribution < 1.29 is 9.53 Å². The number of aromatic nitrogens is 6. The molecule has 2 N–H and O–H groups in total. The highest BCUT2D eigenvalue weighted by Crippen LogP contribution is 2.31. The number of amides is 1. The van der Waals surface area contributed by atoms with Crippen LogP contribution in [0.5, 0.6) is 0 Å². The Morgan fingerprint density at radius 1 is 1.17 bits per heavy atom. The first kappa shape index (κ1) is 20.3. The van der Waals surface area contributed by atoms with Gasteiger partial charge >= 0.3 is 6.09 Å². The van der Waals surface area contributed by atoms with Crippen LogP contribution in [0.1, 0.15) is 39.7 Å². The fourth-order valence-corrected chi connectivity index (χ4v) is 3.64. The highest BCUT2D eigenvalue weighted by atomic mass is 35.5. The molecular formula is C19H23ClN8O2. The average Bonchev–Trinajstić information content (AvgIpc) is 3.10. The number of anilines is 1. The molecule has 3 aromatic heterocycles. The number of imidazole rings is 1. The Balaban J connectivity index is 1.58. The molecule has 1 aliphatic heterocycles. The van der Waals surface area contributed by atoms with Crippen molar-refractivity contribution in [3.05, 3.63) is 24.0 Å². The summed E-state index contributed by atoms with van der Waals surface area (Å²) in [5.74, 6) is 0.178. The number of rotatable bonds is 2. The van der Waals surface area contributed by atoms with Crippen molar-refractivity contribution in [1.82, 2.24) is 34.4 Å². The van der Waals surface area contributed by atoms with E-state index in [0.29, 0.717) is 35.5 Å². The van der Waals surface area contributed by atoms with Crippen molar-refractivity contribution in [2.24, 2.45) is 0 Å². The first-order valence-corrected chi connectivity index (χ1v) is 10.0. The van der Waals surface area contributed by atoms with Crippen molar-refractivity contribution in [3.8, 4) is 11.3 Å². The topological polar surface area (TPSA) is 125 Å². The van der Waals surface area contributed by atoms with Gasteiger partial charge in [-0.1, -0.05) is 0 Å². The van der Waals surface area contributed by atoms with Crippen LogP contribution in [0.25, 0.3) is 22.4 Å².